The lowest BCUT2D eigenvalue weighted by molar-refractivity contribution is -0.894. The zero-order valence-corrected chi connectivity index (χ0v) is 26.1. The number of nitrogens with two attached hydrogens (primary N) is 1. The van der Waals surface area contributed by atoms with Gasteiger partial charge in [0.15, 0.2) is 0 Å². The Morgan fingerprint density at radius 2 is 1.59 bits per heavy atom. The second kappa shape index (κ2) is 16.3. The number of β-amino-alcohol motifs (C(OH)–C–C–N with tert-alkyl or cyclic N) is 1. The van der Waals surface area contributed by atoms with E-state index < -0.39 is 22.0 Å². The maximum absolute atomic E-state index is 11.7. The van der Waals surface area contributed by atoms with Crippen molar-refractivity contribution in [1.82, 2.24) is 4.90 Å². The zero-order valence-electron chi connectivity index (χ0n) is 25.3. The number of hydrogen-bond donors (Lipinski definition) is 3. The summed E-state index contributed by atoms with van der Waals surface area (Å²) in [6.45, 7) is 5.86. The molecule has 0 bridgehead atoms. The summed E-state index contributed by atoms with van der Waals surface area (Å²) in [7, 11) is 1.01. The van der Waals surface area contributed by atoms with E-state index in [2.05, 4.69) is 47.4 Å². The highest BCUT2D eigenvalue weighted by Crippen LogP contribution is 2.40. The molecule has 1 atom stereocenters. The fraction of sp³-hybridized carbons (Fsp3) is 0.767. The lowest BCUT2D eigenvalue weighted by Gasteiger charge is -2.45. The van der Waals surface area contributed by atoms with Crippen molar-refractivity contribution in [3.63, 3.8) is 0 Å². The highest BCUT2D eigenvalue weighted by Gasteiger charge is 2.41. The lowest BCUT2D eigenvalue weighted by atomic mass is 9.72. The van der Waals surface area contributed by atoms with Crippen LogP contribution in [0.25, 0.3) is 0 Å². The minimum absolute atomic E-state index is 0.0793. The molecule has 4 rings (SSSR count). The number of piperazine rings is 1. The van der Waals surface area contributed by atoms with Gasteiger partial charge in [-0.05, 0) is 49.1 Å². The number of quaternary nitrogens is 1. The van der Waals surface area contributed by atoms with Crippen LogP contribution >= 0.6 is 0 Å². The molecule has 2 aliphatic carbocycles. The predicted octanol–water partition coefficient (Wildman–Crippen LogP) is 3.31. The molecule has 0 radical (unpaired) electrons. The molecule has 0 aromatic heterocycles. The second-order valence-corrected chi connectivity index (χ2v) is 13.8. The minimum Gasteiger partial charge on any atom is -0.726 e. The molecule has 11 heteroatoms. The van der Waals surface area contributed by atoms with Crippen molar-refractivity contribution >= 4 is 16.4 Å². The third-order valence-electron chi connectivity index (χ3n) is 9.14. The van der Waals surface area contributed by atoms with E-state index in [1.807, 2.05) is 6.07 Å². The fourth-order valence-electron chi connectivity index (χ4n) is 6.39. The van der Waals surface area contributed by atoms with Gasteiger partial charge in [-0.2, -0.15) is 0 Å². The third-order valence-corrected chi connectivity index (χ3v) is 9.55. The maximum Gasteiger partial charge on any atom is 0.303 e. The largest absolute Gasteiger partial charge is 0.726 e. The molecule has 1 aliphatic heterocycles. The van der Waals surface area contributed by atoms with E-state index in [0.29, 0.717) is 12.5 Å². The van der Waals surface area contributed by atoms with E-state index in [-0.39, 0.29) is 11.8 Å². The van der Waals surface area contributed by atoms with E-state index in [4.69, 9.17) is 10.8 Å². The maximum atomic E-state index is 11.7. The smallest absolute Gasteiger partial charge is 0.303 e. The number of benzene rings is 1. The molecular formula is C30H53N3O7S. The lowest BCUT2D eigenvalue weighted by Crippen LogP contribution is -2.58. The number of carboxylic acids is 1. The van der Waals surface area contributed by atoms with Crippen molar-refractivity contribution in [3.8, 4) is 0 Å². The van der Waals surface area contributed by atoms with Gasteiger partial charge < -0.3 is 25.0 Å². The van der Waals surface area contributed by atoms with Gasteiger partial charge in [0, 0.05) is 19.6 Å². The van der Waals surface area contributed by atoms with Crippen LogP contribution in [-0.2, 0) is 25.0 Å². The van der Waals surface area contributed by atoms with Crippen LogP contribution in [0.4, 0.5) is 0 Å². The Morgan fingerprint density at radius 1 is 1.07 bits per heavy atom. The van der Waals surface area contributed by atoms with Crippen LogP contribution < -0.4 is 5.73 Å². The van der Waals surface area contributed by atoms with Crippen LogP contribution in [0.3, 0.4) is 0 Å². The van der Waals surface area contributed by atoms with Crippen LogP contribution in [0.2, 0.25) is 0 Å². The van der Waals surface area contributed by atoms with Crippen LogP contribution in [0.5, 0.6) is 0 Å². The Kier molecular flexibility index (Phi) is 14.2. The molecule has 41 heavy (non-hydrogen) atoms. The van der Waals surface area contributed by atoms with E-state index >= 15 is 0 Å². The van der Waals surface area contributed by atoms with Crippen LogP contribution in [0.15, 0.2) is 30.3 Å². The first-order chi connectivity index (χ1) is 19.2. The standard InChI is InChI=1S/C20H33N2O.C9H17NO2.CH4O4S/c1-22(2)15-13-21(14-16-22)17-20(23,18-9-5-3-6-10-18)19-11-7-4-8-12-19;10-7-9(6-8(11)12)4-2-1-3-5-9;1-5-6(2,3)4/h3,5-6,9-10,19,23H,4,7-8,11-17H2,1-2H3;1-7,10H2,(H,11,12);1H3,(H,2,3,4)/q+1;;/p-1. The predicted molar refractivity (Wildman–Crippen MR) is 159 cm³/mol. The number of aliphatic carboxylic acids is 1. The summed E-state index contributed by atoms with van der Waals surface area (Å²) in [5.41, 5.74) is 5.98. The highest BCUT2D eigenvalue weighted by atomic mass is 32.3. The van der Waals surface area contributed by atoms with E-state index in [1.165, 1.54) is 51.6 Å². The molecule has 1 heterocycles. The van der Waals surface area contributed by atoms with Crippen molar-refractivity contribution < 1.29 is 36.6 Å². The van der Waals surface area contributed by atoms with Crippen molar-refractivity contribution in [2.45, 2.75) is 76.2 Å². The Bertz CT molecular complexity index is 1000. The molecule has 1 aromatic carbocycles. The first-order valence-electron chi connectivity index (χ1n) is 15.0. The SMILES string of the molecule is COS(=O)(=O)[O-].C[N+]1(C)CCN(CC(O)(c2ccccc2)C2CCCCC2)CC1.NCC1(CC(=O)O)CCCCC1. The molecule has 1 saturated heterocycles. The average Bonchev–Trinajstić information content (AvgIpc) is 2.95. The van der Waals surface area contributed by atoms with Gasteiger partial charge in [0.25, 0.3) is 0 Å². The van der Waals surface area contributed by atoms with Gasteiger partial charge >= 0.3 is 5.97 Å². The van der Waals surface area contributed by atoms with E-state index in [9.17, 15) is 22.9 Å². The van der Waals surface area contributed by atoms with Crippen LogP contribution in [0, 0.1) is 11.3 Å². The van der Waals surface area contributed by atoms with E-state index in [1.54, 1.807) is 0 Å². The van der Waals surface area contributed by atoms with Crippen molar-refractivity contribution in [2.75, 3.05) is 60.5 Å². The van der Waals surface area contributed by atoms with Crippen molar-refractivity contribution in [1.29, 1.82) is 0 Å². The quantitative estimate of drug-likeness (QED) is 0.232. The summed E-state index contributed by atoms with van der Waals surface area (Å²) in [5.74, 6) is -0.301. The van der Waals surface area contributed by atoms with Gasteiger partial charge in [0.05, 0.1) is 40.7 Å². The molecule has 0 spiro atoms. The van der Waals surface area contributed by atoms with Crippen molar-refractivity contribution in [3.05, 3.63) is 35.9 Å². The molecule has 1 unspecified atom stereocenters. The van der Waals surface area contributed by atoms with Gasteiger partial charge in [-0.1, -0.05) is 68.9 Å². The normalized spacial score (nSPS) is 22.7. The fourth-order valence-corrected chi connectivity index (χ4v) is 6.39. The Labute approximate surface area is 247 Å². The zero-order chi connectivity index (χ0) is 30.6. The minimum atomic E-state index is -4.41. The van der Waals surface area contributed by atoms with Crippen molar-refractivity contribution in [2.24, 2.45) is 17.1 Å². The Morgan fingerprint density at radius 3 is 2.05 bits per heavy atom. The number of nitrogens with zero attached hydrogens (tertiary/aromatic N) is 2. The number of carbonyl (C=O) groups is 1. The number of rotatable bonds is 8. The monoisotopic (exact) mass is 599 g/mol. The molecule has 1 aromatic rings. The molecule has 236 valence electrons. The number of likely N-dealkylation sites (N-methyl/N-ethyl adjacent to an activating group) is 1. The topological polar surface area (TPSA) is 153 Å². The first kappa shape index (κ1) is 35.6. The molecular weight excluding hydrogens is 546 g/mol. The van der Waals surface area contributed by atoms with Gasteiger partial charge in [-0.25, -0.2) is 8.42 Å². The van der Waals surface area contributed by atoms with Crippen LogP contribution in [0.1, 0.15) is 76.2 Å². The number of hydrogen-bond acceptors (Lipinski definition) is 8. The Hall–Kier alpha value is -1.60. The van der Waals surface area contributed by atoms with Gasteiger partial charge in [-0.3, -0.25) is 13.9 Å². The summed E-state index contributed by atoms with van der Waals surface area (Å²) >= 11 is 0. The average molecular weight is 600 g/mol. The molecule has 2 saturated carbocycles. The summed E-state index contributed by atoms with van der Waals surface area (Å²) < 4.78 is 32.1. The second-order valence-electron chi connectivity index (χ2n) is 12.7. The summed E-state index contributed by atoms with van der Waals surface area (Å²) in [6, 6.07) is 10.4. The van der Waals surface area contributed by atoms with Gasteiger partial charge in [0.2, 0.25) is 10.4 Å². The first-order valence-corrected chi connectivity index (χ1v) is 16.3. The third kappa shape index (κ3) is 12.3. The van der Waals surface area contributed by atoms with Gasteiger partial charge in [-0.15, -0.1) is 0 Å². The molecule has 4 N–H and O–H groups in total. The highest BCUT2D eigenvalue weighted by molar-refractivity contribution is 7.80. The number of carboxylic acid groups (broad SMARTS) is 1. The molecule has 0 amide bonds. The summed E-state index contributed by atoms with van der Waals surface area (Å²) in [4.78, 5) is 13.1. The Balaban J connectivity index is 0.000000272. The molecule has 3 aliphatic rings. The molecule has 10 nitrogen and oxygen atoms in total. The molecule has 3 fully saturated rings. The summed E-state index contributed by atoms with van der Waals surface area (Å²) in [6.07, 6.45) is 12.0. The summed E-state index contributed by atoms with van der Waals surface area (Å²) in [5, 5.41) is 20.4. The van der Waals surface area contributed by atoms with Gasteiger partial charge in [0.1, 0.15) is 5.60 Å². The van der Waals surface area contributed by atoms with E-state index in [0.717, 1.165) is 62.5 Å². The number of aliphatic hydroxyl groups is 1. The van der Waals surface area contributed by atoms with Crippen LogP contribution in [-0.4, -0.2) is 99.0 Å².